The van der Waals surface area contributed by atoms with Crippen molar-refractivity contribution in [3.63, 3.8) is 0 Å². The lowest BCUT2D eigenvalue weighted by molar-refractivity contribution is -0.140. The summed E-state index contributed by atoms with van der Waals surface area (Å²) in [6.07, 6.45) is 1.28. The number of hydrogen-bond acceptors (Lipinski definition) is 5. The van der Waals surface area contributed by atoms with Gasteiger partial charge in [-0.25, -0.2) is 8.42 Å². The molecule has 0 aliphatic heterocycles. The van der Waals surface area contributed by atoms with Gasteiger partial charge in [0.2, 0.25) is 21.8 Å². The molecule has 8 nitrogen and oxygen atoms in total. The minimum Gasteiger partial charge on any atom is -0.489 e. The predicted octanol–water partition coefficient (Wildman–Crippen LogP) is 6.24. The van der Waals surface area contributed by atoms with Crippen molar-refractivity contribution in [1.82, 2.24) is 10.2 Å². The highest BCUT2D eigenvalue weighted by atomic mass is 35.5. The Hall–Kier alpha value is -4.34. The van der Waals surface area contributed by atoms with Gasteiger partial charge >= 0.3 is 0 Å². The fourth-order valence-electron chi connectivity index (χ4n) is 4.86. The Bertz CT molecular complexity index is 1690. The average molecular weight is 662 g/mol. The van der Waals surface area contributed by atoms with Crippen LogP contribution in [0, 0.1) is 0 Å². The number of benzene rings is 4. The summed E-state index contributed by atoms with van der Waals surface area (Å²) in [5.41, 5.74) is 2.33. The highest BCUT2D eigenvalue weighted by Gasteiger charge is 2.34. The smallest absolute Gasteiger partial charge is 0.244 e. The molecule has 0 aromatic heterocycles. The second-order valence-electron chi connectivity index (χ2n) is 12.1. The van der Waals surface area contributed by atoms with E-state index < -0.39 is 34.1 Å². The summed E-state index contributed by atoms with van der Waals surface area (Å²) in [4.78, 5) is 29.5. The topological polar surface area (TPSA) is 96.0 Å². The first-order chi connectivity index (χ1) is 21.8. The summed E-state index contributed by atoms with van der Waals surface area (Å²) in [6.45, 7) is 5.52. The van der Waals surface area contributed by atoms with Gasteiger partial charge in [0.25, 0.3) is 0 Å². The Morgan fingerprint density at radius 1 is 0.804 bits per heavy atom. The monoisotopic (exact) mass is 661 g/mol. The molecular formula is C36H40ClN3O5S. The van der Waals surface area contributed by atoms with E-state index in [4.69, 9.17) is 16.3 Å². The van der Waals surface area contributed by atoms with E-state index >= 15 is 0 Å². The Kier molecular flexibility index (Phi) is 11.5. The zero-order chi connectivity index (χ0) is 33.3. The van der Waals surface area contributed by atoms with Crippen molar-refractivity contribution in [2.75, 3.05) is 17.1 Å². The molecule has 10 heteroatoms. The summed E-state index contributed by atoms with van der Waals surface area (Å²) >= 11 is 6.13. The zero-order valence-electron chi connectivity index (χ0n) is 26.5. The molecule has 0 heterocycles. The lowest BCUT2D eigenvalue weighted by atomic mass is 10.0. The average Bonchev–Trinajstić information content (AvgIpc) is 3.01. The van der Waals surface area contributed by atoms with E-state index in [9.17, 15) is 18.0 Å². The van der Waals surface area contributed by atoms with Crippen LogP contribution >= 0.6 is 11.6 Å². The van der Waals surface area contributed by atoms with Gasteiger partial charge in [-0.3, -0.25) is 13.9 Å². The van der Waals surface area contributed by atoms with E-state index in [1.807, 2.05) is 81.4 Å². The van der Waals surface area contributed by atoms with Gasteiger partial charge in [-0.1, -0.05) is 84.4 Å². The van der Waals surface area contributed by atoms with Crippen molar-refractivity contribution >= 4 is 39.1 Å². The number of sulfonamides is 1. The Labute approximate surface area is 277 Å². The van der Waals surface area contributed by atoms with Gasteiger partial charge in [0.05, 0.1) is 11.9 Å². The van der Waals surface area contributed by atoms with Gasteiger partial charge in [0.15, 0.2) is 0 Å². The molecular weight excluding hydrogens is 622 g/mol. The lowest BCUT2D eigenvalue weighted by Crippen LogP contribution is -2.56. The molecule has 1 N–H and O–H groups in total. The quantitative estimate of drug-likeness (QED) is 0.183. The summed E-state index contributed by atoms with van der Waals surface area (Å²) < 4.78 is 33.1. The number of amides is 2. The van der Waals surface area contributed by atoms with Crippen LogP contribution in [-0.4, -0.2) is 49.5 Å². The maximum absolute atomic E-state index is 14.3. The van der Waals surface area contributed by atoms with Crippen LogP contribution in [0.2, 0.25) is 5.02 Å². The van der Waals surface area contributed by atoms with Gasteiger partial charge < -0.3 is 15.0 Å². The van der Waals surface area contributed by atoms with Crippen molar-refractivity contribution in [1.29, 1.82) is 0 Å². The number of nitrogens with one attached hydrogen (secondary N) is 1. The van der Waals surface area contributed by atoms with Crippen molar-refractivity contribution in [2.24, 2.45) is 0 Å². The van der Waals surface area contributed by atoms with Crippen molar-refractivity contribution in [3.8, 4) is 5.75 Å². The van der Waals surface area contributed by atoms with Crippen molar-refractivity contribution in [3.05, 3.63) is 131 Å². The van der Waals surface area contributed by atoms with Crippen LogP contribution < -0.4 is 14.4 Å². The fraction of sp³-hybridized carbons (Fsp3) is 0.278. The standard InChI is InChI=1S/C36H40ClN3O5S/c1-36(2,3)38-35(42)33(23-27-11-7-5-8-12-27)39(24-28-15-17-30(37)18-16-28)34(41)25-40(46(4,43)44)31-19-21-32(22-20-31)45-26-29-13-9-6-10-14-29/h5-22,33H,23-26H2,1-4H3,(H,38,42)/t33-/m0/s1. The van der Waals surface area contributed by atoms with Crippen LogP contribution in [0.3, 0.4) is 0 Å². The Morgan fingerprint density at radius 2 is 1.37 bits per heavy atom. The molecule has 2 amide bonds. The predicted molar refractivity (Wildman–Crippen MR) is 183 cm³/mol. The molecule has 0 unspecified atom stereocenters. The van der Waals surface area contributed by atoms with E-state index in [0.717, 1.165) is 27.3 Å². The third-order valence-corrected chi connectivity index (χ3v) is 8.48. The summed E-state index contributed by atoms with van der Waals surface area (Å²) in [7, 11) is -3.90. The SMILES string of the molecule is CC(C)(C)NC(=O)[C@H](Cc1ccccc1)N(Cc1ccc(Cl)cc1)C(=O)CN(c1ccc(OCc2ccccc2)cc1)S(C)(=O)=O. The van der Waals surface area contributed by atoms with Gasteiger partial charge in [-0.15, -0.1) is 0 Å². The second-order valence-corrected chi connectivity index (χ2v) is 14.5. The maximum Gasteiger partial charge on any atom is 0.244 e. The van der Waals surface area contributed by atoms with Gasteiger partial charge in [0.1, 0.15) is 24.9 Å². The number of rotatable bonds is 13. The molecule has 4 aromatic carbocycles. The molecule has 242 valence electrons. The third kappa shape index (κ3) is 10.4. The van der Waals surface area contributed by atoms with Gasteiger partial charge in [0, 0.05) is 23.5 Å². The number of anilines is 1. The molecule has 0 aliphatic rings. The normalized spacial score (nSPS) is 12.2. The Balaban J connectivity index is 1.65. The van der Waals surface area contributed by atoms with Crippen molar-refractivity contribution in [2.45, 2.75) is 51.9 Å². The third-order valence-electron chi connectivity index (χ3n) is 7.09. The van der Waals surface area contributed by atoms with Crippen LogP contribution in [0.5, 0.6) is 5.75 Å². The van der Waals surface area contributed by atoms with Crippen LogP contribution in [0.25, 0.3) is 0 Å². The summed E-state index contributed by atoms with van der Waals surface area (Å²) in [5.74, 6) is -0.321. The molecule has 46 heavy (non-hydrogen) atoms. The van der Waals surface area contributed by atoms with E-state index in [-0.39, 0.29) is 18.9 Å². The lowest BCUT2D eigenvalue weighted by Gasteiger charge is -2.35. The first-order valence-corrected chi connectivity index (χ1v) is 17.2. The minimum atomic E-state index is -3.90. The fourth-order valence-corrected chi connectivity index (χ4v) is 5.83. The minimum absolute atomic E-state index is 0.0644. The van der Waals surface area contributed by atoms with E-state index in [2.05, 4.69) is 5.32 Å². The van der Waals surface area contributed by atoms with Crippen LogP contribution in [0.15, 0.2) is 109 Å². The second kappa shape index (κ2) is 15.3. The number of hydrogen-bond donors (Lipinski definition) is 1. The number of carbonyl (C=O) groups excluding carboxylic acids is 2. The zero-order valence-corrected chi connectivity index (χ0v) is 28.1. The van der Waals surface area contributed by atoms with Crippen molar-refractivity contribution < 1.29 is 22.7 Å². The summed E-state index contributed by atoms with van der Waals surface area (Å²) in [6, 6.07) is 31.7. The molecule has 1 atom stereocenters. The molecule has 0 saturated heterocycles. The van der Waals surface area contributed by atoms with Crippen LogP contribution in [0.1, 0.15) is 37.5 Å². The van der Waals surface area contributed by atoms with Gasteiger partial charge in [-0.05, 0) is 73.9 Å². The molecule has 4 aromatic rings. The first-order valence-electron chi connectivity index (χ1n) is 14.9. The summed E-state index contributed by atoms with van der Waals surface area (Å²) in [5, 5.41) is 3.55. The highest BCUT2D eigenvalue weighted by Crippen LogP contribution is 2.24. The first kappa shape index (κ1) is 34.5. The van der Waals surface area contributed by atoms with E-state index in [1.54, 1.807) is 48.5 Å². The molecule has 0 fully saturated rings. The van der Waals surface area contributed by atoms with E-state index in [1.165, 1.54) is 4.90 Å². The molecule has 0 spiro atoms. The molecule has 0 bridgehead atoms. The maximum atomic E-state index is 14.3. The molecule has 0 saturated carbocycles. The molecule has 0 radical (unpaired) electrons. The van der Waals surface area contributed by atoms with Gasteiger partial charge in [-0.2, -0.15) is 0 Å². The number of ether oxygens (including phenoxy) is 1. The number of nitrogens with zero attached hydrogens (tertiary/aromatic N) is 2. The number of halogens is 1. The molecule has 0 aliphatic carbocycles. The highest BCUT2D eigenvalue weighted by molar-refractivity contribution is 7.92. The number of carbonyl (C=O) groups is 2. The Morgan fingerprint density at radius 3 is 1.91 bits per heavy atom. The van der Waals surface area contributed by atoms with Crippen LogP contribution in [-0.2, 0) is 39.2 Å². The largest absolute Gasteiger partial charge is 0.489 e. The van der Waals surface area contributed by atoms with E-state index in [0.29, 0.717) is 23.1 Å². The van der Waals surface area contributed by atoms with Crippen LogP contribution in [0.4, 0.5) is 5.69 Å². The molecule has 4 rings (SSSR count).